The largest absolute Gasteiger partial charge is 0.488 e. The molecule has 3 aromatic rings. The average Bonchev–Trinajstić information content (AvgIpc) is 2.74. The molecule has 0 aliphatic heterocycles. The molecule has 150 valence electrons. The van der Waals surface area contributed by atoms with E-state index in [1.807, 2.05) is 55.5 Å². The van der Waals surface area contributed by atoms with Gasteiger partial charge in [0.15, 0.2) is 0 Å². The Kier molecular flexibility index (Phi) is 7.29. The molecule has 0 aromatic heterocycles. The molecule has 1 N–H and O–H groups in total. The van der Waals surface area contributed by atoms with Gasteiger partial charge in [-0.3, -0.25) is 4.79 Å². The fraction of sp³-hybridized carbons (Fsp3) is 0.0833. The molecule has 0 unspecified atom stereocenters. The minimum atomic E-state index is -0.495. The number of benzene rings is 3. The van der Waals surface area contributed by atoms with Gasteiger partial charge in [-0.1, -0.05) is 57.9 Å². The number of nitrogens with zero attached hydrogens (tertiary/aromatic N) is 1. The summed E-state index contributed by atoms with van der Waals surface area (Å²) in [5, 5.41) is 12.8. The van der Waals surface area contributed by atoms with Crippen molar-refractivity contribution in [2.45, 2.75) is 13.5 Å². The van der Waals surface area contributed by atoms with Gasteiger partial charge in [-0.25, -0.2) is 0 Å². The van der Waals surface area contributed by atoms with Crippen LogP contribution in [0.5, 0.6) is 5.75 Å². The maximum atomic E-state index is 12.6. The highest BCUT2D eigenvalue weighted by molar-refractivity contribution is 9.10. The van der Waals surface area contributed by atoms with Gasteiger partial charge in [-0.2, -0.15) is 5.26 Å². The van der Waals surface area contributed by atoms with E-state index in [2.05, 4.69) is 21.2 Å². The van der Waals surface area contributed by atoms with E-state index >= 15 is 0 Å². The first-order valence-corrected chi connectivity index (χ1v) is 10.3. The van der Waals surface area contributed by atoms with E-state index in [1.54, 1.807) is 24.3 Å². The first-order chi connectivity index (χ1) is 14.5. The summed E-state index contributed by atoms with van der Waals surface area (Å²) in [5.41, 5.74) is 3.05. The molecule has 0 saturated carbocycles. The number of ether oxygens (including phenoxy) is 1. The molecule has 0 bridgehead atoms. The minimum Gasteiger partial charge on any atom is -0.488 e. The Labute approximate surface area is 188 Å². The number of carbonyl (C=O) groups is 1. The number of para-hydroxylation sites is 1. The number of nitrogens with one attached hydrogen (secondary N) is 1. The molecule has 0 spiro atoms. The second-order valence-electron chi connectivity index (χ2n) is 6.54. The van der Waals surface area contributed by atoms with Crippen molar-refractivity contribution < 1.29 is 9.53 Å². The van der Waals surface area contributed by atoms with Crippen molar-refractivity contribution >= 4 is 45.2 Å². The number of anilines is 1. The van der Waals surface area contributed by atoms with E-state index in [0.29, 0.717) is 28.6 Å². The molecule has 0 radical (unpaired) electrons. The lowest BCUT2D eigenvalue weighted by atomic mass is 10.1. The van der Waals surface area contributed by atoms with Crippen LogP contribution in [0.4, 0.5) is 5.69 Å². The summed E-state index contributed by atoms with van der Waals surface area (Å²) in [6, 6.07) is 22.2. The van der Waals surface area contributed by atoms with Gasteiger partial charge in [0.1, 0.15) is 24.0 Å². The lowest BCUT2D eigenvalue weighted by Gasteiger charge is -2.11. The summed E-state index contributed by atoms with van der Waals surface area (Å²) in [4.78, 5) is 12.6. The second kappa shape index (κ2) is 10.1. The Bertz CT molecular complexity index is 1130. The molecule has 3 aromatic carbocycles. The number of rotatable bonds is 6. The van der Waals surface area contributed by atoms with Gasteiger partial charge in [-0.15, -0.1) is 0 Å². The summed E-state index contributed by atoms with van der Waals surface area (Å²) in [6.07, 6.45) is 1.48. The summed E-state index contributed by atoms with van der Waals surface area (Å²) in [5.74, 6) is 0.0318. The van der Waals surface area contributed by atoms with Crippen LogP contribution in [0.1, 0.15) is 16.7 Å². The van der Waals surface area contributed by atoms with Crippen LogP contribution in [0.3, 0.4) is 0 Å². The maximum absolute atomic E-state index is 12.6. The van der Waals surface area contributed by atoms with Gasteiger partial charge in [-0.05, 0) is 60.5 Å². The quantitative estimate of drug-likeness (QED) is 0.321. The number of hydrogen-bond donors (Lipinski definition) is 1. The second-order valence-corrected chi connectivity index (χ2v) is 7.89. The van der Waals surface area contributed by atoms with Crippen molar-refractivity contribution in [3.8, 4) is 11.8 Å². The van der Waals surface area contributed by atoms with E-state index in [4.69, 9.17) is 16.3 Å². The van der Waals surface area contributed by atoms with Crippen LogP contribution in [0.15, 0.2) is 76.8 Å². The number of halogens is 2. The van der Waals surface area contributed by atoms with E-state index < -0.39 is 5.91 Å². The SMILES string of the molecule is Cc1ccccc1NC(=O)/C(C#N)=C/c1cc(Cl)ccc1OCc1ccc(Br)cc1. The first-order valence-electron chi connectivity index (χ1n) is 9.12. The number of nitriles is 1. The van der Waals surface area contributed by atoms with Crippen LogP contribution < -0.4 is 10.1 Å². The van der Waals surface area contributed by atoms with Gasteiger partial charge >= 0.3 is 0 Å². The van der Waals surface area contributed by atoms with Crippen molar-refractivity contribution in [1.82, 2.24) is 0 Å². The molecule has 30 heavy (non-hydrogen) atoms. The molecule has 0 aliphatic carbocycles. The zero-order valence-electron chi connectivity index (χ0n) is 16.2. The highest BCUT2D eigenvalue weighted by Gasteiger charge is 2.13. The van der Waals surface area contributed by atoms with Crippen LogP contribution in [0, 0.1) is 18.3 Å². The van der Waals surface area contributed by atoms with Crippen LogP contribution in [-0.4, -0.2) is 5.91 Å². The van der Waals surface area contributed by atoms with Crippen molar-refractivity contribution in [3.05, 3.63) is 98.5 Å². The van der Waals surface area contributed by atoms with Gasteiger partial charge in [0.2, 0.25) is 0 Å². The number of aryl methyl sites for hydroxylation is 1. The smallest absolute Gasteiger partial charge is 0.266 e. The number of hydrogen-bond acceptors (Lipinski definition) is 3. The summed E-state index contributed by atoms with van der Waals surface area (Å²) in [7, 11) is 0. The Hall–Kier alpha value is -3.07. The van der Waals surface area contributed by atoms with Crippen LogP contribution in [-0.2, 0) is 11.4 Å². The normalized spacial score (nSPS) is 10.9. The average molecular weight is 482 g/mol. The molecular weight excluding hydrogens is 464 g/mol. The lowest BCUT2D eigenvalue weighted by Crippen LogP contribution is -2.14. The Morgan fingerprint density at radius 1 is 1.17 bits per heavy atom. The molecule has 0 aliphatic rings. The maximum Gasteiger partial charge on any atom is 0.266 e. The molecule has 1 amide bonds. The van der Waals surface area contributed by atoms with E-state index in [1.165, 1.54) is 6.08 Å². The highest BCUT2D eigenvalue weighted by atomic mass is 79.9. The lowest BCUT2D eigenvalue weighted by molar-refractivity contribution is -0.112. The number of carbonyl (C=O) groups excluding carboxylic acids is 1. The fourth-order valence-corrected chi connectivity index (χ4v) is 3.16. The zero-order chi connectivity index (χ0) is 21.5. The van der Waals surface area contributed by atoms with Crippen LogP contribution in [0.2, 0.25) is 5.02 Å². The molecule has 0 fully saturated rings. The highest BCUT2D eigenvalue weighted by Crippen LogP contribution is 2.27. The predicted octanol–water partition coefficient (Wildman–Crippen LogP) is 6.54. The molecule has 6 heteroatoms. The molecule has 0 saturated heterocycles. The van der Waals surface area contributed by atoms with Gasteiger partial charge in [0.25, 0.3) is 5.91 Å². The third-order valence-electron chi connectivity index (χ3n) is 4.34. The summed E-state index contributed by atoms with van der Waals surface area (Å²) >= 11 is 9.54. The van der Waals surface area contributed by atoms with Crippen LogP contribution >= 0.6 is 27.5 Å². The number of amides is 1. The van der Waals surface area contributed by atoms with E-state index in [9.17, 15) is 10.1 Å². The summed E-state index contributed by atoms with van der Waals surface area (Å²) < 4.78 is 6.91. The van der Waals surface area contributed by atoms with Crippen molar-refractivity contribution in [1.29, 1.82) is 5.26 Å². The fourth-order valence-electron chi connectivity index (χ4n) is 2.71. The predicted molar refractivity (Wildman–Crippen MR) is 123 cm³/mol. The molecular formula is C24H18BrClN2O2. The monoisotopic (exact) mass is 480 g/mol. The van der Waals surface area contributed by atoms with Crippen molar-refractivity contribution in [2.75, 3.05) is 5.32 Å². The van der Waals surface area contributed by atoms with Crippen LogP contribution in [0.25, 0.3) is 6.08 Å². The Balaban J connectivity index is 1.83. The van der Waals surface area contributed by atoms with E-state index in [-0.39, 0.29) is 5.57 Å². The van der Waals surface area contributed by atoms with Crippen molar-refractivity contribution in [2.24, 2.45) is 0 Å². The van der Waals surface area contributed by atoms with Gasteiger partial charge in [0, 0.05) is 20.7 Å². The third-order valence-corrected chi connectivity index (χ3v) is 5.10. The molecule has 0 atom stereocenters. The zero-order valence-corrected chi connectivity index (χ0v) is 18.5. The molecule has 4 nitrogen and oxygen atoms in total. The standard InChI is InChI=1S/C24H18BrClN2O2/c1-16-4-2-3-5-22(16)28-24(29)19(14-27)12-18-13-21(26)10-11-23(18)30-15-17-6-8-20(25)9-7-17/h2-13H,15H2,1H3,(H,28,29)/b19-12+. The van der Waals surface area contributed by atoms with E-state index in [0.717, 1.165) is 15.6 Å². The topological polar surface area (TPSA) is 62.1 Å². The summed E-state index contributed by atoms with van der Waals surface area (Å²) in [6.45, 7) is 2.23. The first kappa shape index (κ1) is 21.6. The van der Waals surface area contributed by atoms with Gasteiger partial charge < -0.3 is 10.1 Å². The molecule has 0 heterocycles. The Morgan fingerprint density at radius 2 is 1.90 bits per heavy atom. The van der Waals surface area contributed by atoms with Gasteiger partial charge in [0.05, 0.1) is 0 Å². The van der Waals surface area contributed by atoms with Crippen molar-refractivity contribution in [3.63, 3.8) is 0 Å². The minimum absolute atomic E-state index is 0.0472. The molecule has 3 rings (SSSR count). The Morgan fingerprint density at radius 3 is 2.60 bits per heavy atom. The third kappa shape index (κ3) is 5.73.